The molecule has 0 N–H and O–H groups in total. The second-order valence-corrected chi connectivity index (χ2v) is 30.9. The molecule has 0 spiro atoms. The van der Waals surface area contributed by atoms with E-state index in [0.29, 0.717) is 0 Å². The molecule has 2 aliphatic rings. The van der Waals surface area contributed by atoms with Crippen LogP contribution >= 0.6 is 15.8 Å². The van der Waals surface area contributed by atoms with Crippen molar-refractivity contribution in [2.75, 3.05) is 5.90 Å². The molecule has 2 aliphatic heterocycles. The standard InChI is InChI=1S/C25H22P2.2C16H13Si.2Au/c1-5-13-22(14-6-1)26(23-15-7-2-8-16-23)21-27(24-17-9-3-10-18-24)25-19-11-4-12-20-25;2*1-4-12-8-7-11-15-16(12)13-9-5-6-10-14(13)17(15,2)3;;/h1-20H,21H2;2*5-11H,2-3H3;;/q;2*-1;2*+1/p+2. The van der Waals surface area contributed by atoms with Gasteiger partial charge in [0.05, 0.1) is 0 Å². The maximum absolute atomic E-state index is 7.45. The van der Waals surface area contributed by atoms with E-state index in [0.717, 1.165) is 11.1 Å². The van der Waals surface area contributed by atoms with Gasteiger partial charge in [-0.05, 0) is 70.0 Å². The van der Waals surface area contributed by atoms with Crippen molar-refractivity contribution >= 4 is 74.0 Å². The van der Waals surface area contributed by atoms with E-state index in [-0.39, 0.29) is 44.8 Å². The van der Waals surface area contributed by atoms with Crippen molar-refractivity contribution in [3.63, 3.8) is 0 Å². The Morgan fingerprint density at radius 3 is 0.921 bits per heavy atom. The minimum atomic E-state index is -1.55. The van der Waals surface area contributed by atoms with Crippen LogP contribution in [0.1, 0.15) is 11.1 Å². The third kappa shape index (κ3) is 10.00. The van der Waals surface area contributed by atoms with Crippen molar-refractivity contribution in [2.45, 2.75) is 26.2 Å². The van der Waals surface area contributed by atoms with Crippen molar-refractivity contribution < 1.29 is 44.8 Å². The van der Waals surface area contributed by atoms with Crippen LogP contribution in [0.4, 0.5) is 0 Å². The Morgan fingerprint density at radius 1 is 0.349 bits per heavy atom. The van der Waals surface area contributed by atoms with Crippen molar-refractivity contribution in [3.05, 3.63) is 230 Å². The van der Waals surface area contributed by atoms with E-state index in [1.54, 1.807) is 0 Å². The Morgan fingerprint density at radius 2 is 0.619 bits per heavy atom. The zero-order valence-corrected chi connectivity index (χ0v) is 44.3. The molecule has 0 unspecified atom stereocenters. The van der Waals surface area contributed by atoms with Gasteiger partial charge in [-0.3, -0.25) is 11.8 Å². The van der Waals surface area contributed by atoms with Crippen LogP contribution in [-0.2, 0) is 44.8 Å². The van der Waals surface area contributed by atoms with Crippen LogP contribution in [0.15, 0.2) is 206 Å². The molecule has 10 rings (SSSR count). The van der Waals surface area contributed by atoms with Gasteiger partial charge in [0.1, 0.15) is 53.2 Å². The smallest absolute Gasteiger partial charge is 0.366 e. The van der Waals surface area contributed by atoms with E-state index < -0.39 is 32.0 Å². The molecule has 0 atom stereocenters. The monoisotopic (exact) mass is 1250 g/mol. The Hall–Kier alpha value is -4.35. The van der Waals surface area contributed by atoms with E-state index >= 15 is 0 Å². The van der Waals surface area contributed by atoms with E-state index in [2.05, 4.69) is 232 Å². The molecule has 0 bridgehead atoms. The average Bonchev–Trinajstić information content (AvgIpc) is 3.71. The summed E-state index contributed by atoms with van der Waals surface area (Å²) in [6, 6.07) is 74.2. The van der Waals surface area contributed by atoms with Crippen LogP contribution in [0.2, 0.25) is 26.2 Å². The molecule has 0 aromatic heterocycles. The Bertz CT molecular complexity index is 2590. The molecule has 0 saturated carbocycles. The minimum absolute atomic E-state index is 0. The summed E-state index contributed by atoms with van der Waals surface area (Å²) in [6.45, 7) is 9.52. The minimum Gasteiger partial charge on any atom is -0.366 e. The van der Waals surface area contributed by atoms with E-state index in [1.165, 1.54) is 70.1 Å². The van der Waals surface area contributed by atoms with E-state index in [1.807, 2.05) is 12.1 Å². The molecule has 0 amide bonds. The van der Waals surface area contributed by atoms with Crippen molar-refractivity contribution in [1.82, 2.24) is 0 Å². The molecule has 63 heavy (non-hydrogen) atoms. The van der Waals surface area contributed by atoms with Crippen LogP contribution < -0.4 is 42.0 Å². The average molecular weight is 1250 g/mol. The Kier molecular flexibility index (Phi) is 16.5. The SMILES string of the molecule is [Au+].[Au+].[C-]#Cc1cccc2c1-c1ccccc1[Si]2(C)C.[C-]#Cc1cccc2c1-c1ccccc1[Si]2(C)C.c1ccc([PH+](C[PH+](c2ccccc2)c2ccccc2)c2ccccc2)cc1. The van der Waals surface area contributed by atoms with Crippen LogP contribution in [0.3, 0.4) is 0 Å². The summed E-state index contributed by atoms with van der Waals surface area (Å²) in [6.07, 6.45) is 14.9. The molecule has 6 heteroatoms. The van der Waals surface area contributed by atoms with Crippen molar-refractivity contribution in [2.24, 2.45) is 0 Å². The molecule has 0 fully saturated rings. The fourth-order valence-electron chi connectivity index (χ4n) is 9.19. The van der Waals surface area contributed by atoms with Gasteiger partial charge < -0.3 is 12.8 Å². The molecule has 316 valence electrons. The van der Waals surface area contributed by atoms with Crippen molar-refractivity contribution in [3.8, 4) is 34.1 Å². The number of hydrogen-bond donors (Lipinski definition) is 0. The van der Waals surface area contributed by atoms with Gasteiger partial charge in [0, 0.05) is 0 Å². The molecule has 0 aliphatic carbocycles. The summed E-state index contributed by atoms with van der Waals surface area (Å²) < 4.78 is 0. The topological polar surface area (TPSA) is 0 Å². The number of rotatable bonds is 6. The van der Waals surface area contributed by atoms with Crippen LogP contribution in [0.5, 0.6) is 0 Å². The maximum Gasteiger partial charge on any atom is 1.00 e. The fourth-order valence-corrected chi connectivity index (χ4v) is 23.1. The van der Waals surface area contributed by atoms with Crippen LogP contribution in [-0.4, -0.2) is 22.1 Å². The third-order valence-corrected chi connectivity index (χ3v) is 26.4. The van der Waals surface area contributed by atoms with Gasteiger partial charge in [0.2, 0.25) is 0 Å². The van der Waals surface area contributed by atoms with Gasteiger partial charge in [-0.2, -0.15) is 0 Å². The number of hydrogen-bond acceptors (Lipinski definition) is 0. The first-order valence-electron chi connectivity index (χ1n) is 21.0. The molecule has 0 radical (unpaired) electrons. The predicted molar refractivity (Wildman–Crippen MR) is 276 cm³/mol. The van der Waals surface area contributed by atoms with E-state index in [9.17, 15) is 0 Å². The van der Waals surface area contributed by atoms with Gasteiger partial charge in [-0.25, -0.2) is 0 Å². The third-order valence-electron chi connectivity index (χ3n) is 12.3. The Labute approximate surface area is 411 Å². The predicted octanol–water partition coefficient (Wildman–Crippen LogP) is 9.52. The summed E-state index contributed by atoms with van der Waals surface area (Å²) in [5, 5.41) is 11.9. The zero-order valence-electron chi connectivity index (χ0n) is 35.9. The molecule has 2 heterocycles. The summed E-state index contributed by atoms with van der Waals surface area (Å²) in [7, 11) is -4.80. The quantitative estimate of drug-likeness (QED) is 0.0675. The normalized spacial score (nSPS) is 12.8. The zero-order chi connectivity index (χ0) is 42.4. The first-order valence-corrected chi connectivity index (χ1v) is 30.4. The van der Waals surface area contributed by atoms with Gasteiger partial charge >= 0.3 is 44.8 Å². The van der Waals surface area contributed by atoms with Gasteiger partial charge in [-0.15, -0.1) is 23.3 Å². The van der Waals surface area contributed by atoms with Gasteiger partial charge in [-0.1, -0.05) is 193 Å². The molecule has 0 saturated heterocycles. The molecular weight excluding hydrogens is 1200 g/mol. The second-order valence-electron chi connectivity index (χ2n) is 16.6. The molecule has 8 aromatic rings. The largest absolute Gasteiger partial charge is 1.00 e. The first kappa shape index (κ1) is 48.1. The summed E-state index contributed by atoms with van der Waals surface area (Å²) in [5.41, 5.74) is 6.97. The molecule has 0 nitrogen and oxygen atoms in total. The summed E-state index contributed by atoms with van der Waals surface area (Å²) >= 11 is 0. The molecular formula is C57H50Au2P2Si2+2. The van der Waals surface area contributed by atoms with Gasteiger partial charge in [0.15, 0.2) is 5.90 Å². The molecule has 8 aromatic carbocycles. The first-order chi connectivity index (χ1) is 29.7. The summed E-state index contributed by atoms with van der Waals surface area (Å²) in [4.78, 5) is 0. The Balaban J connectivity index is 0.000000161. The van der Waals surface area contributed by atoms with Crippen LogP contribution in [0.25, 0.3) is 22.3 Å². The number of benzene rings is 8. The number of fused-ring (bicyclic) bond motifs is 6. The van der Waals surface area contributed by atoms with Crippen molar-refractivity contribution in [1.29, 1.82) is 0 Å². The second kappa shape index (κ2) is 21.6. The fraction of sp³-hybridized carbons (Fsp3) is 0.0877. The van der Waals surface area contributed by atoms with Gasteiger partial charge in [0.25, 0.3) is 0 Å². The van der Waals surface area contributed by atoms with Crippen LogP contribution in [0, 0.1) is 24.7 Å². The van der Waals surface area contributed by atoms with E-state index in [4.69, 9.17) is 12.8 Å². The maximum atomic E-state index is 7.45. The summed E-state index contributed by atoms with van der Waals surface area (Å²) in [5.74, 6) is 6.40.